The minimum absolute atomic E-state index is 0.228. The third-order valence-corrected chi connectivity index (χ3v) is 7.05. The van der Waals surface area contributed by atoms with E-state index in [1.165, 1.54) is 20.2 Å². The summed E-state index contributed by atoms with van der Waals surface area (Å²) >= 11 is 0. The Labute approximate surface area is 216 Å². The summed E-state index contributed by atoms with van der Waals surface area (Å²) in [6, 6.07) is 12.9. The number of aromatic nitrogens is 1. The maximum Gasteiger partial charge on any atom is 0.309 e. The van der Waals surface area contributed by atoms with Gasteiger partial charge in [0.2, 0.25) is 5.88 Å². The Balaban J connectivity index is 1.67. The van der Waals surface area contributed by atoms with Crippen LogP contribution in [0.3, 0.4) is 0 Å². The Morgan fingerprint density at radius 2 is 2.03 bits per heavy atom. The van der Waals surface area contributed by atoms with E-state index in [1.54, 1.807) is 18.2 Å². The van der Waals surface area contributed by atoms with E-state index >= 15 is 0 Å². The number of nitrogens with zero attached hydrogens (tertiary/aromatic N) is 2. The normalized spacial score (nSPS) is 16.6. The van der Waals surface area contributed by atoms with E-state index in [0.717, 1.165) is 41.6 Å². The molecule has 1 unspecified atom stereocenters. The Morgan fingerprint density at radius 3 is 2.73 bits per heavy atom. The molecule has 37 heavy (non-hydrogen) atoms. The van der Waals surface area contributed by atoms with Crippen molar-refractivity contribution >= 4 is 5.97 Å². The molecule has 2 heterocycles. The first-order valence-electron chi connectivity index (χ1n) is 12.4. The van der Waals surface area contributed by atoms with Crippen LogP contribution in [0.2, 0.25) is 0 Å². The minimum Gasteiger partial charge on any atom is -0.485 e. The van der Waals surface area contributed by atoms with Crippen molar-refractivity contribution in [1.29, 1.82) is 0 Å². The van der Waals surface area contributed by atoms with Gasteiger partial charge in [-0.3, -0.25) is 4.79 Å². The number of fused-ring (bicyclic) bond motifs is 1. The summed E-state index contributed by atoms with van der Waals surface area (Å²) in [4.78, 5) is 17.4. The van der Waals surface area contributed by atoms with Crippen LogP contribution >= 0.6 is 0 Å². The van der Waals surface area contributed by atoms with Crippen molar-refractivity contribution in [2.45, 2.75) is 45.4 Å². The number of carboxylic acid groups (broad SMARTS) is 1. The highest BCUT2D eigenvalue weighted by molar-refractivity contribution is 5.71. The van der Waals surface area contributed by atoms with E-state index in [1.807, 2.05) is 25.2 Å². The third-order valence-electron chi connectivity index (χ3n) is 7.05. The number of hydrogen-bond acceptors (Lipinski definition) is 6. The van der Waals surface area contributed by atoms with E-state index in [0.29, 0.717) is 29.3 Å². The molecule has 3 aromatic rings. The van der Waals surface area contributed by atoms with Gasteiger partial charge in [0.1, 0.15) is 17.7 Å². The second-order valence-corrected chi connectivity index (χ2v) is 9.54. The fraction of sp³-hybridized carbons (Fsp3) is 0.379. The van der Waals surface area contributed by atoms with Crippen LogP contribution in [0.4, 0.5) is 4.39 Å². The number of aliphatic hydroxyl groups excluding tert-OH is 1. The van der Waals surface area contributed by atoms with Gasteiger partial charge in [0.25, 0.3) is 0 Å². The zero-order valence-electron chi connectivity index (χ0n) is 21.6. The number of pyridine rings is 1. The van der Waals surface area contributed by atoms with Crippen LogP contribution in [0.25, 0.3) is 11.1 Å². The fourth-order valence-corrected chi connectivity index (χ4v) is 4.58. The highest BCUT2D eigenvalue weighted by Crippen LogP contribution is 2.39. The molecule has 0 aliphatic carbocycles. The predicted octanol–water partition coefficient (Wildman–Crippen LogP) is 5.17. The molecule has 0 amide bonds. The minimum atomic E-state index is -1.13. The quantitative estimate of drug-likeness (QED) is 0.412. The number of carboxylic acids is 1. The van der Waals surface area contributed by atoms with Gasteiger partial charge in [-0.05, 0) is 67.2 Å². The third kappa shape index (κ3) is 5.76. The molecular formula is C29H33FN2O5. The standard InChI is InChI=1S/C29H33FN2O5/c1-5-32(3)16-21-12-19(8-10-22(21)23-14-27(36-4)31-15-24(23)30)25-11-9-18-6-7-20(13-26(18)37-25)28(33)17(2)29(34)35/h6-8,10,12-15,17,25,28,33H,5,9,11,16H2,1-4H3,(H,34,35)/t17-,25?,28+/m0/s1. The molecule has 0 spiro atoms. The maximum atomic E-state index is 14.8. The number of ether oxygens (including phenoxy) is 2. The first-order chi connectivity index (χ1) is 17.7. The number of hydrogen-bond donors (Lipinski definition) is 2. The zero-order valence-corrected chi connectivity index (χ0v) is 21.6. The van der Waals surface area contributed by atoms with E-state index in [2.05, 4.69) is 22.9 Å². The largest absolute Gasteiger partial charge is 0.485 e. The highest BCUT2D eigenvalue weighted by atomic mass is 19.1. The molecule has 8 heteroatoms. The van der Waals surface area contributed by atoms with Crippen LogP contribution in [-0.2, 0) is 17.8 Å². The second-order valence-electron chi connectivity index (χ2n) is 9.54. The van der Waals surface area contributed by atoms with Gasteiger partial charge in [-0.1, -0.05) is 37.3 Å². The molecule has 0 saturated carbocycles. The number of methoxy groups -OCH3 is 1. The van der Waals surface area contributed by atoms with Crippen LogP contribution in [0.15, 0.2) is 48.7 Å². The van der Waals surface area contributed by atoms with Crippen LogP contribution in [0.5, 0.6) is 11.6 Å². The molecule has 0 saturated heterocycles. The van der Waals surface area contributed by atoms with E-state index < -0.39 is 23.8 Å². The fourth-order valence-electron chi connectivity index (χ4n) is 4.58. The average molecular weight is 509 g/mol. The summed E-state index contributed by atoms with van der Waals surface area (Å²) in [6.07, 6.45) is 1.36. The Bertz CT molecular complexity index is 1280. The van der Waals surface area contributed by atoms with Crippen LogP contribution in [0.1, 0.15) is 54.7 Å². The van der Waals surface area contributed by atoms with Crippen LogP contribution < -0.4 is 9.47 Å². The molecule has 1 aromatic heterocycles. The van der Waals surface area contributed by atoms with E-state index in [-0.39, 0.29) is 6.10 Å². The summed E-state index contributed by atoms with van der Waals surface area (Å²) in [7, 11) is 3.52. The summed E-state index contributed by atoms with van der Waals surface area (Å²) in [5.74, 6) is -1.42. The van der Waals surface area contributed by atoms with Crippen molar-refractivity contribution in [2.24, 2.45) is 5.92 Å². The molecule has 4 rings (SSSR count). The SMILES string of the molecule is CCN(C)Cc1cc(C2CCc3ccc([C@H](O)[C@H](C)C(=O)O)cc3O2)ccc1-c1cc(OC)ncc1F. The van der Waals surface area contributed by atoms with E-state index in [4.69, 9.17) is 9.47 Å². The van der Waals surface area contributed by atoms with Crippen molar-refractivity contribution < 1.29 is 28.9 Å². The Hall–Kier alpha value is -3.49. The lowest BCUT2D eigenvalue weighted by atomic mass is 9.91. The first-order valence-corrected chi connectivity index (χ1v) is 12.4. The number of aryl methyl sites for hydroxylation is 1. The number of aliphatic hydroxyl groups is 1. The van der Waals surface area contributed by atoms with Crippen LogP contribution in [-0.4, -0.2) is 46.8 Å². The maximum absolute atomic E-state index is 14.8. The van der Waals surface area contributed by atoms with Crippen LogP contribution in [0, 0.1) is 11.7 Å². The number of rotatable bonds is 9. The topological polar surface area (TPSA) is 92.1 Å². The van der Waals surface area contributed by atoms with Gasteiger partial charge in [0, 0.05) is 18.2 Å². The van der Waals surface area contributed by atoms with Crippen molar-refractivity contribution in [3.8, 4) is 22.8 Å². The molecule has 2 aromatic carbocycles. The van der Waals surface area contributed by atoms with Crippen molar-refractivity contribution in [1.82, 2.24) is 9.88 Å². The number of benzene rings is 2. The molecular weight excluding hydrogens is 475 g/mol. The lowest BCUT2D eigenvalue weighted by Crippen LogP contribution is -2.20. The zero-order chi connectivity index (χ0) is 26.7. The Morgan fingerprint density at radius 1 is 1.24 bits per heavy atom. The number of aliphatic carboxylic acids is 1. The van der Waals surface area contributed by atoms with Gasteiger partial charge >= 0.3 is 5.97 Å². The van der Waals surface area contributed by atoms with Gasteiger partial charge in [-0.2, -0.15) is 0 Å². The lowest BCUT2D eigenvalue weighted by Gasteiger charge is -2.29. The van der Waals surface area contributed by atoms with Gasteiger partial charge in [-0.15, -0.1) is 0 Å². The Kier molecular flexibility index (Phi) is 8.10. The first kappa shape index (κ1) is 26.6. The van der Waals surface area contributed by atoms with Crippen molar-refractivity contribution in [3.63, 3.8) is 0 Å². The highest BCUT2D eigenvalue weighted by Gasteiger charge is 2.27. The summed E-state index contributed by atoms with van der Waals surface area (Å²) < 4.78 is 26.4. The smallest absolute Gasteiger partial charge is 0.309 e. The van der Waals surface area contributed by atoms with Crippen molar-refractivity contribution in [2.75, 3.05) is 20.7 Å². The van der Waals surface area contributed by atoms with Gasteiger partial charge < -0.3 is 24.6 Å². The molecule has 1 aliphatic heterocycles. The molecule has 2 N–H and O–H groups in total. The molecule has 0 bridgehead atoms. The average Bonchev–Trinajstić information content (AvgIpc) is 2.91. The summed E-state index contributed by atoms with van der Waals surface area (Å²) in [5.41, 5.74) is 4.66. The van der Waals surface area contributed by atoms with Gasteiger partial charge in [0.05, 0.1) is 25.3 Å². The van der Waals surface area contributed by atoms with E-state index in [9.17, 15) is 19.4 Å². The van der Waals surface area contributed by atoms with Crippen molar-refractivity contribution in [3.05, 3.63) is 76.7 Å². The summed E-state index contributed by atoms with van der Waals surface area (Å²) in [6.45, 7) is 5.00. The molecule has 7 nitrogen and oxygen atoms in total. The van der Waals surface area contributed by atoms with Gasteiger partial charge in [0.15, 0.2) is 0 Å². The molecule has 3 atom stereocenters. The van der Waals surface area contributed by atoms with Gasteiger partial charge in [-0.25, -0.2) is 9.37 Å². The predicted molar refractivity (Wildman–Crippen MR) is 138 cm³/mol. The molecule has 196 valence electrons. The monoisotopic (exact) mass is 508 g/mol. The molecule has 1 aliphatic rings. The lowest BCUT2D eigenvalue weighted by molar-refractivity contribution is -0.145. The second kappa shape index (κ2) is 11.3. The number of carbonyl (C=O) groups is 1. The summed E-state index contributed by atoms with van der Waals surface area (Å²) in [5, 5.41) is 19.8. The molecule has 0 radical (unpaired) electrons. The number of halogens is 1. The molecule has 0 fully saturated rings.